The number of hydrogen-bond donors (Lipinski definition) is 1. The van der Waals surface area contributed by atoms with Gasteiger partial charge in [-0.05, 0) is 24.8 Å². The summed E-state index contributed by atoms with van der Waals surface area (Å²) in [5.74, 6) is 1.59. The average molecular weight is 395 g/mol. The first-order chi connectivity index (χ1) is 14.0. The van der Waals surface area contributed by atoms with Gasteiger partial charge in [0.05, 0.1) is 5.69 Å². The number of hydrogen-bond acceptors (Lipinski definition) is 6. The van der Waals surface area contributed by atoms with Gasteiger partial charge in [-0.1, -0.05) is 30.3 Å². The molecule has 0 saturated carbocycles. The summed E-state index contributed by atoms with van der Waals surface area (Å²) in [7, 11) is 3.96. The molecule has 1 aromatic carbocycles. The summed E-state index contributed by atoms with van der Waals surface area (Å²) in [6, 6.07) is 10.6. The van der Waals surface area contributed by atoms with Gasteiger partial charge in [0.15, 0.2) is 0 Å². The maximum atomic E-state index is 11.5. The Labute approximate surface area is 172 Å². The molecule has 29 heavy (non-hydrogen) atoms. The summed E-state index contributed by atoms with van der Waals surface area (Å²) in [6.45, 7) is 4.39. The molecule has 0 spiro atoms. The summed E-state index contributed by atoms with van der Waals surface area (Å²) in [5, 5.41) is 0. The highest BCUT2D eigenvalue weighted by Crippen LogP contribution is 2.31. The molecule has 2 aliphatic rings. The van der Waals surface area contributed by atoms with E-state index in [0.717, 1.165) is 69.4 Å². The molecule has 1 saturated heterocycles. The molecule has 1 amide bonds. The topological polar surface area (TPSA) is 78.6 Å². The lowest BCUT2D eigenvalue weighted by Crippen LogP contribution is -2.40. The fourth-order valence-electron chi connectivity index (χ4n) is 4.27. The highest BCUT2D eigenvalue weighted by molar-refractivity contribution is 5.77. The Kier molecular flexibility index (Phi) is 5.67. The van der Waals surface area contributed by atoms with Gasteiger partial charge in [0.25, 0.3) is 0 Å². The van der Waals surface area contributed by atoms with Crippen LogP contribution in [0, 0.1) is 5.92 Å². The van der Waals surface area contributed by atoms with Crippen LogP contribution in [0.1, 0.15) is 29.7 Å². The highest BCUT2D eigenvalue weighted by Gasteiger charge is 2.29. The molecule has 0 radical (unpaired) electrons. The van der Waals surface area contributed by atoms with Crippen LogP contribution in [0.25, 0.3) is 0 Å². The minimum absolute atomic E-state index is 0.0152. The summed E-state index contributed by atoms with van der Waals surface area (Å²) in [5.41, 5.74) is 9.22. The molecular formula is C22H30N6O. The largest absolute Gasteiger partial charge is 0.369 e. The minimum atomic E-state index is -0.181. The molecule has 3 heterocycles. The Balaban J connectivity index is 1.57. The first-order valence-electron chi connectivity index (χ1n) is 10.4. The smallest absolute Gasteiger partial charge is 0.227 e. The fraction of sp³-hybridized carbons (Fsp3) is 0.500. The van der Waals surface area contributed by atoms with E-state index in [4.69, 9.17) is 15.7 Å². The Morgan fingerprint density at radius 3 is 2.52 bits per heavy atom. The van der Waals surface area contributed by atoms with Gasteiger partial charge in [0.1, 0.15) is 5.82 Å². The van der Waals surface area contributed by atoms with Crippen molar-refractivity contribution in [1.82, 2.24) is 14.9 Å². The molecule has 1 aromatic heterocycles. The third-order valence-electron chi connectivity index (χ3n) is 5.96. The van der Waals surface area contributed by atoms with Crippen LogP contribution in [-0.4, -0.2) is 54.5 Å². The Bertz CT molecular complexity index is 861. The van der Waals surface area contributed by atoms with Crippen LogP contribution < -0.4 is 15.5 Å². The van der Waals surface area contributed by atoms with Crippen LogP contribution in [0.5, 0.6) is 0 Å². The van der Waals surface area contributed by atoms with Gasteiger partial charge in [-0.15, -0.1) is 0 Å². The predicted octanol–water partition coefficient (Wildman–Crippen LogP) is 1.80. The third kappa shape index (κ3) is 4.34. The number of rotatable bonds is 5. The molecule has 4 rings (SSSR count). The van der Waals surface area contributed by atoms with E-state index in [1.54, 1.807) is 0 Å². The quantitative estimate of drug-likeness (QED) is 0.833. The van der Waals surface area contributed by atoms with E-state index in [-0.39, 0.29) is 11.8 Å². The zero-order valence-corrected chi connectivity index (χ0v) is 17.3. The van der Waals surface area contributed by atoms with Gasteiger partial charge >= 0.3 is 0 Å². The molecule has 2 aromatic rings. The monoisotopic (exact) mass is 394 g/mol. The lowest BCUT2D eigenvalue weighted by molar-refractivity contribution is -0.122. The maximum Gasteiger partial charge on any atom is 0.227 e. The van der Waals surface area contributed by atoms with Crippen LogP contribution in [0.2, 0.25) is 0 Å². The molecular weight excluding hydrogens is 364 g/mol. The van der Waals surface area contributed by atoms with Crippen LogP contribution in [0.15, 0.2) is 30.3 Å². The normalized spacial score (nSPS) is 17.8. The lowest BCUT2D eigenvalue weighted by Gasteiger charge is -2.36. The molecule has 0 bridgehead atoms. The van der Waals surface area contributed by atoms with E-state index in [2.05, 4.69) is 40.1 Å². The van der Waals surface area contributed by atoms with Crippen molar-refractivity contribution >= 4 is 17.7 Å². The van der Waals surface area contributed by atoms with Crippen molar-refractivity contribution in [3.63, 3.8) is 0 Å². The van der Waals surface area contributed by atoms with E-state index >= 15 is 0 Å². The summed E-state index contributed by atoms with van der Waals surface area (Å²) in [6.07, 6.45) is 2.54. The van der Waals surface area contributed by atoms with Crippen molar-refractivity contribution in [3.05, 3.63) is 47.2 Å². The van der Waals surface area contributed by atoms with Crippen molar-refractivity contribution < 1.29 is 4.79 Å². The minimum Gasteiger partial charge on any atom is -0.369 e. The first-order valence-corrected chi connectivity index (χ1v) is 10.4. The molecule has 154 valence electrons. The second-order valence-electron chi connectivity index (χ2n) is 8.28. The number of piperidine rings is 1. The molecule has 2 N–H and O–H groups in total. The van der Waals surface area contributed by atoms with E-state index in [1.165, 1.54) is 11.1 Å². The summed E-state index contributed by atoms with van der Waals surface area (Å²) < 4.78 is 0. The predicted molar refractivity (Wildman–Crippen MR) is 115 cm³/mol. The summed E-state index contributed by atoms with van der Waals surface area (Å²) in [4.78, 5) is 28.0. The van der Waals surface area contributed by atoms with Crippen molar-refractivity contribution in [2.45, 2.75) is 32.4 Å². The number of carbonyl (C=O) groups excluding carboxylic acids is 1. The Morgan fingerprint density at radius 2 is 1.86 bits per heavy atom. The summed E-state index contributed by atoms with van der Waals surface area (Å²) >= 11 is 0. The van der Waals surface area contributed by atoms with Crippen LogP contribution in [0.4, 0.5) is 11.8 Å². The third-order valence-corrected chi connectivity index (χ3v) is 5.96. The molecule has 2 aliphatic heterocycles. The second kappa shape index (κ2) is 8.37. The highest BCUT2D eigenvalue weighted by atomic mass is 16.1. The number of benzene rings is 1. The van der Waals surface area contributed by atoms with Crippen molar-refractivity contribution in [3.8, 4) is 0 Å². The number of fused-ring (bicyclic) bond motifs is 1. The van der Waals surface area contributed by atoms with Crippen LogP contribution in [-0.2, 0) is 24.3 Å². The lowest BCUT2D eigenvalue weighted by atomic mass is 9.95. The van der Waals surface area contributed by atoms with E-state index < -0.39 is 0 Å². The molecule has 1 fully saturated rings. The fourth-order valence-corrected chi connectivity index (χ4v) is 4.27. The van der Waals surface area contributed by atoms with Gasteiger partial charge in [0.2, 0.25) is 11.9 Å². The standard InChI is InChI=1S/C22H30N6O/c1-26(2)22-24-19-15-27(14-16-6-4-3-5-7-16)11-10-18(19)21(25-22)28-12-8-17(9-13-28)20(23)29/h3-7,17H,8-15H2,1-2H3,(H2,23,29). The molecule has 0 atom stereocenters. The average Bonchev–Trinajstić information content (AvgIpc) is 2.73. The Hall–Kier alpha value is -2.67. The second-order valence-corrected chi connectivity index (χ2v) is 8.28. The molecule has 7 nitrogen and oxygen atoms in total. The number of carbonyl (C=O) groups is 1. The number of nitrogens with two attached hydrogens (primary N) is 1. The zero-order chi connectivity index (χ0) is 20.4. The van der Waals surface area contributed by atoms with Crippen molar-refractivity contribution in [1.29, 1.82) is 0 Å². The van der Waals surface area contributed by atoms with Crippen LogP contribution in [0.3, 0.4) is 0 Å². The number of primary amides is 1. The van der Waals surface area contributed by atoms with E-state index in [0.29, 0.717) is 0 Å². The van der Waals surface area contributed by atoms with Gasteiger partial charge < -0.3 is 15.5 Å². The number of amides is 1. The maximum absolute atomic E-state index is 11.5. The number of nitrogens with zero attached hydrogens (tertiary/aromatic N) is 5. The molecule has 0 unspecified atom stereocenters. The number of anilines is 2. The SMILES string of the molecule is CN(C)c1nc2c(c(N3CCC(C(N)=O)CC3)n1)CCN(Cc1ccccc1)C2. The Morgan fingerprint density at radius 1 is 1.14 bits per heavy atom. The van der Waals surface area contributed by atoms with Crippen molar-refractivity contribution in [2.75, 3.05) is 43.5 Å². The first kappa shape index (κ1) is 19.6. The van der Waals surface area contributed by atoms with Gasteiger partial charge in [-0.3, -0.25) is 9.69 Å². The number of aromatic nitrogens is 2. The van der Waals surface area contributed by atoms with Gasteiger partial charge in [0, 0.05) is 58.3 Å². The van der Waals surface area contributed by atoms with Crippen molar-refractivity contribution in [2.24, 2.45) is 11.7 Å². The zero-order valence-electron chi connectivity index (χ0n) is 17.3. The van der Waals surface area contributed by atoms with Gasteiger partial charge in [-0.2, -0.15) is 4.98 Å². The van der Waals surface area contributed by atoms with Crippen LogP contribution >= 0.6 is 0 Å². The van der Waals surface area contributed by atoms with E-state index in [1.807, 2.05) is 19.0 Å². The molecule has 7 heteroatoms. The molecule has 0 aliphatic carbocycles. The van der Waals surface area contributed by atoms with E-state index in [9.17, 15) is 4.79 Å². The van der Waals surface area contributed by atoms with Gasteiger partial charge in [-0.25, -0.2) is 4.98 Å².